The summed E-state index contributed by atoms with van der Waals surface area (Å²) in [5.41, 5.74) is 0.640. The summed E-state index contributed by atoms with van der Waals surface area (Å²) in [7, 11) is 1.56. The van der Waals surface area contributed by atoms with E-state index in [1.807, 2.05) is 6.07 Å². The van der Waals surface area contributed by atoms with Gasteiger partial charge in [-0.2, -0.15) is 0 Å². The summed E-state index contributed by atoms with van der Waals surface area (Å²) in [5.74, 6) is 2.44. The van der Waals surface area contributed by atoms with Gasteiger partial charge in [0.1, 0.15) is 17.9 Å². The van der Waals surface area contributed by atoms with Gasteiger partial charge in [0.05, 0.1) is 7.11 Å². The van der Waals surface area contributed by atoms with E-state index in [1.54, 1.807) is 19.2 Å². The maximum atomic E-state index is 12.2. The van der Waals surface area contributed by atoms with E-state index in [2.05, 4.69) is 0 Å². The summed E-state index contributed by atoms with van der Waals surface area (Å²) in [6.07, 6.45) is 5.52. The molecule has 0 saturated heterocycles. The molecule has 0 spiro atoms. The Morgan fingerprint density at radius 2 is 2.12 bits per heavy atom. The normalized spacial score (nSPS) is 24.6. The molecule has 2 aliphatic carbocycles. The van der Waals surface area contributed by atoms with Gasteiger partial charge in [0.15, 0.2) is 0 Å². The van der Waals surface area contributed by atoms with Gasteiger partial charge in [0.2, 0.25) is 0 Å². The zero-order valence-corrected chi connectivity index (χ0v) is 14.3. The smallest absolute Gasteiger partial charge is 0.336 e. The minimum atomic E-state index is -0.458. The van der Waals surface area contributed by atoms with Crippen molar-refractivity contribution in [3.8, 4) is 5.75 Å². The first kappa shape index (κ1) is 16.2. The van der Waals surface area contributed by atoms with Gasteiger partial charge in [-0.15, -0.1) is 0 Å². The molecule has 25 heavy (non-hydrogen) atoms. The summed E-state index contributed by atoms with van der Waals surface area (Å²) >= 11 is 0. The Balaban J connectivity index is 1.45. The largest absolute Gasteiger partial charge is 0.497 e. The maximum absolute atomic E-state index is 12.2. The highest BCUT2D eigenvalue weighted by molar-refractivity contribution is 5.81. The fraction of sp³-hybridized carbons (Fsp3) is 0.500. The summed E-state index contributed by atoms with van der Waals surface area (Å²) in [6.45, 7) is 0.0913. The van der Waals surface area contributed by atoms with Crippen LogP contribution in [0, 0.1) is 17.8 Å². The number of esters is 1. The number of hydrogen-bond acceptors (Lipinski definition) is 5. The molecular weight excluding hydrogens is 320 g/mol. The summed E-state index contributed by atoms with van der Waals surface area (Å²) < 4.78 is 15.8. The predicted molar refractivity (Wildman–Crippen MR) is 92.4 cm³/mol. The Labute approximate surface area is 145 Å². The van der Waals surface area contributed by atoms with Gasteiger partial charge in [0.25, 0.3) is 0 Å². The molecule has 1 heterocycles. The number of carbonyl (C=O) groups is 1. The van der Waals surface area contributed by atoms with Gasteiger partial charge in [-0.25, -0.2) is 4.79 Å². The van der Waals surface area contributed by atoms with Crippen LogP contribution in [-0.2, 0) is 16.1 Å². The Morgan fingerprint density at radius 3 is 2.84 bits per heavy atom. The molecule has 3 atom stereocenters. The molecule has 0 amide bonds. The summed E-state index contributed by atoms with van der Waals surface area (Å²) in [5, 5.41) is 0.758. The van der Waals surface area contributed by atoms with Crippen LogP contribution in [0.5, 0.6) is 5.75 Å². The standard InChI is InChI=1S/C20H22O5/c1-23-16-4-5-17-15(9-20(22)25-18(17)10-16)11-24-19(21)8-14-7-12-2-3-13(14)6-12/h4-5,9-10,12-14H,2-3,6-8,11H2,1H3/t12-,13-,14+/m1/s1. The summed E-state index contributed by atoms with van der Waals surface area (Å²) in [6, 6.07) is 6.66. The Kier molecular flexibility index (Phi) is 4.24. The van der Waals surface area contributed by atoms with Crippen LogP contribution in [0.3, 0.4) is 0 Å². The molecule has 2 fully saturated rings. The fourth-order valence-electron chi connectivity index (χ4n) is 4.51. The number of rotatable bonds is 5. The lowest BCUT2D eigenvalue weighted by molar-refractivity contribution is -0.146. The highest BCUT2D eigenvalue weighted by Crippen LogP contribution is 2.49. The third-order valence-corrected chi connectivity index (χ3v) is 5.74. The van der Waals surface area contributed by atoms with Crippen LogP contribution in [0.1, 0.15) is 37.7 Å². The number of carbonyl (C=O) groups excluding carboxylic acids is 1. The van der Waals surface area contributed by atoms with Crippen molar-refractivity contribution in [2.24, 2.45) is 17.8 Å². The first-order valence-electron chi connectivity index (χ1n) is 8.89. The minimum absolute atomic E-state index is 0.0913. The minimum Gasteiger partial charge on any atom is -0.497 e. The molecule has 2 saturated carbocycles. The molecular formula is C20H22O5. The second kappa shape index (κ2) is 6.54. The lowest BCUT2D eigenvalue weighted by Crippen LogP contribution is -2.17. The van der Waals surface area contributed by atoms with E-state index in [4.69, 9.17) is 13.9 Å². The third-order valence-electron chi connectivity index (χ3n) is 5.74. The number of ether oxygens (including phenoxy) is 2. The molecule has 132 valence electrons. The van der Waals surface area contributed by atoms with Crippen molar-refractivity contribution < 1.29 is 18.7 Å². The number of fused-ring (bicyclic) bond motifs is 3. The highest BCUT2D eigenvalue weighted by atomic mass is 16.5. The molecule has 0 N–H and O–H groups in total. The molecule has 0 radical (unpaired) electrons. The molecule has 1 aromatic carbocycles. The van der Waals surface area contributed by atoms with Gasteiger partial charge in [-0.1, -0.05) is 6.42 Å². The average Bonchev–Trinajstić information content (AvgIpc) is 3.21. The average molecular weight is 342 g/mol. The van der Waals surface area contributed by atoms with Crippen LogP contribution >= 0.6 is 0 Å². The van der Waals surface area contributed by atoms with Crippen molar-refractivity contribution >= 4 is 16.9 Å². The van der Waals surface area contributed by atoms with Gasteiger partial charge in [-0.3, -0.25) is 4.79 Å². The van der Waals surface area contributed by atoms with Crippen LogP contribution in [-0.4, -0.2) is 13.1 Å². The first-order valence-corrected chi connectivity index (χ1v) is 8.89. The molecule has 5 nitrogen and oxygen atoms in total. The van der Waals surface area contributed by atoms with Crippen molar-refractivity contribution in [2.45, 2.75) is 38.7 Å². The molecule has 5 heteroatoms. The molecule has 0 unspecified atom stereocenters. The second-order valence-electron chi connectivity index (χ2n) is 7.25. The van der Waals surface area contributed by atoms with E-state index >= 15 is 0 Å². The van der Waals surface area contributed by atoms with Gasteiger partial charge in [0, 0.05) is 29.5 Å². The Bertz CT molecular complexity index is 853. The van der Waals surface area contributed by atoms with E-state index in [1.165, 1.54) is 25.3 Å². The molecule has 2 bridgehead atoms. The van der Waals surface area contributed by atoms with Crippen molar-refractivity contribution in [2.75, 3.05) is 7.11 Å². The number of methoxy groups -OCH3 is 1. The highest BCUT2D eigenvalue weighted by Gasteiger charge is 2.40. The molecule has 2 aromatic rings. The first-order chi connectivity index (χ1) is 12.1. The number of hydrogen-bond donors (Lipinski definition) is 0. The Morgan fingerprint density at radius 1 is 1.24 bits per heavy atom. The van der Waals surface area contributed by atoms with E-state index in [9.17, 15) is 9.59 Å². The molecule has 0 aliphatic heterocycles. The van der Waals surface area contributed by atoms with Gasteiger partial charge in [-0.05, 0) is 49.1 Å². The zero-order chi connectivity index (χ0) is 17.4. The molecule has 1 aromatic heterocycles. The monoisotopic (exact) mass is 342 g/mol. The van der Waals surface area contributed by atoms with Crippen LogP contribution in [0.25, 0.3) is 11.0 Å². The van der Waals surface area contributed by atoms with Crippen molar-refractivity contribution in [3.05, 3.63) is 40.2 Å². The lowest BCUT2D eigenvalue weighted by Gasteiger charge is -2.20. The van der Waals surface area contributed by atoms with Gasteiger partial charge < -0.3 is 13.9 Å². The van der Waals surface area contributed by atoms with Crippen LogP contribution < -0.4 is 10.4 Å². The van der Waals surface area contributed by atoms with Crippen molar-refractivity contribution in [1.29, 1.82) is 0 Å². The van der Waals surface area contributed by atoms with Gasteiger partial charge >= 0.3 is 11.6 Å². The second-order valence-corrected chi connectivity index (χ2v) is 7.25. The zero-order valence-electron chi connectivity index (χ0n) is 14.3. The maximum Gasteiger partial charge on any atom is 0.336 e. The van der Waals surface area contributed by atoms with E-state index in [0.29, 0.717) is 35.2 Å². The third kappa shape index (κ3) is 3.28. The Hall–Kier alpha value is -2.30. The van der Waals surface area contributed by atoms with E-state index in [0.717, 1.165) is 17.7 Å². The predicted octanol–water partition coefficient (Wildman–Crippen LogP) is 3.67. The SMILES string of the molecule is COc1ccc2c(COC(=O)C[C@@H]3C[C@@H]4CC[C@@H]3C4)cc(=O)oc2c1. The summed E-state index contributed by atoms with van der Waals surface area (Å²) in [4.78, 5) is 24.0. The quantitative estimate of drug-likeness (QED) is 0.613. The van der Waals surface area contributed by atoms with Crippen LogP contribution in [0.15, 0.2) is 33.5 Å². The molecule has 2 aliphatic rings. The van der Waals surface area contributed by atoms with E-state index in [-0.39, 0.29) is 12.6 Å². The number of benzene rings is 1. The topological polar surface area (TPSA) is 65.7 Å². The van der Waals surface area contributed by atoms with Crippen LogP contribution in [0.2, 0.25) is 0 Å². The molecule has 4 rings (SSSR count). The lowest BCUT2D eigenvalue weighted by atomic mass is 9.86. The van der Waals surface area contributed by atoms with Crippen LogP contribution in [0.4, 0.5) is 0 Å². The van der Waals surface area contributed by atoms with Crippen molar-refractivity contribution in [1.82, 2.24) is 0 Å². The van der Waals surface area contributed by atoms with E-state index < -0.39 is 5.63 Å². The van der Waals surface area contributed by atoms with Crippen molar-refractivity contribution in [3.63, 3.8) is 0 Å². The fourth-order valence-corrected chi connectivity index (χ4v) is 4.51.